The maximum atomic E-state index is 6.16. The van der Waals surface area contributed by atoms with Crippen LogP contribution in [0.25, 0.3) is 0 Å². The fourth-order valence-corrected chi connectivity index (χ4v) is 2.43. The van der Waals surface area contributed by atoms with Crippen molar-refractivity contribution in [3.05, 3.63) is 77.4 Å². The third kappa shape index (κ3) is 3.99. The van der Waals surface area contributed by atoms with Crippen LogP contribution in [0, 0.1) is 0 Å². The third-order valence-corrected chi connectivity index (χ3v) is 3.74. The summed E-state index contributed by atoms with van der Waals surface area (Å²) in [7, 11) is 2.01. The number of rotatable bonds is 5. The van der Waals surface area contributed by atoms with Gasteiger partial charge in [-0.2, -0.15) is 4.98 Å². The number of para-hydroxylation sites is 1. The van der Waals surface area contributed by atoms with E-state index in [1.54, 1.807) is 6.20 Å². The van der Waals surface area contributed by atoms with Crippen LogP contribution in [-0.2, 0) is 6.54 Å². The van der Waals surface area contributed by atoms with Gasteiger partial charge in [-0.15, -0.1) is 0 Å². The Morgan fingerprint density at radius 2 is 1.74 bits per heavy atom. The van der Waals surface area contributed by atoms with Crippen molar-refractivity contribution in [2.45, 2.75) is 6.54 Å². The Morgan fingerprint density at radius 1 is 1.00 bits per heavy atom. The molecule has 0 amide bonds. The molecular weight excluding hydrogens is 308 g/mol. The van der Waals surface area contributed by atoms with E-state index in [9.17, 15) is 0 Å². The van der Waals surface area contributed by atoms with Gasteiger partial charge in [0.25, 0.3) is 0 Å². The van der Waals surface area contributed by atoms with E-state index in [4.69, 9.17) is 11.6 Å². The third-order valence-electron chi connectivity index (χ3n) is 3.41. The highest BCUT2D eigenvalue weighted by molar-refractivity contribution is 6.33. The van der Waals surface area contributed by atoms with Crippen molar-refractivity contribution in [3.8, 4) is 0 Å². The van der Waals surface area contributed by atoms with Gasteiger partial charge in [0.05, 0.1) is 10.7 Å². The average molecular weight is 325 g/mol. The number of benzene rings is 2. The zero-order valence-electron chi connectivity index (χ0n) is 12.8. The van der Waals surface area contributed by atoms with E-state index in [1.807, 2.05) is 55.6 Å². The molecule has 5 heteroatoms. The second kappa shape index (κ2) is 7.11. The van der Waals surface area contributed by atoms with Crippen molar-refractivity contribution in [1.29, 1.82) is 0 Å². The van der Waals surface area contributed by atoms with Crippen LogP contribution in [0.1, 0.15) is 5.56 Å². The molecule has 1 N–H and O–H groups in total. The summed E-state index contributed by atoms with van der Waals surface area (Å²) < 4.78 is 0. The first-order valence-electron chi connectivity index (χ1n) is 7.32. The van der Waals surface area contributed by atoms with Gasteiger partial charge < -0.3 is 10.2 Å². The molecule has 4 nitrogen and oxygen atoms in total. The Labute approximate surface area is 140 Å². The van der Waals surface area contributed by atoms with Crippen LogP contribution in [0.4, 0.5) is 17.5 Å². The lowest BCUT2D eigenvalue weighted by Gasteiger charge is -2.18. The molecule has 0 saturated heterocycles. The number of aromatic nitrogens is 2. The van der Waals surface area contributed by atoms with Gasteiger partial charge in [0, 0.05) is 19.8 Å². The highest BCUT2D eigenvalue weighted by Gasteiger charge is 2.07. The molecule has 0 radical (unpaired) electrons. The minimum Gasteiger partial charge on any atom is -0.355 e. The molecule has 0 atom stereocenters. The summed E-state index contributed by atoms with van der Waals surface area (Å²) >= 11 is 6.16. The molecule has 0 unspecified atom stereocenters. The van der Waals surface area contributed by atoms with Crippen molar-refractivity contribution in [1.82, 2.24) is 9.97 Å². The topological polar surface area (TPSA) is 41.1 Å². The smallest absolute Gasteiger partial charge is 0.229 e. The van der Waals surface area contributed by atoms with Crippen LogP contribution in [-0.4, -0.2) is 17.0 Å². The van der Waals surface area contributed by atoms with Crippen LogP contribution in [0.2, 0.25) is 5.02 Å². The molecule has 0 aliphatic rings. The van der Waals surface area contributed by atoms with Crippen molar-refractivity contribution in [2.75, 3.05) is 17.3 Å². The molecule has 0 spiro atoms. The maximum absolute atomic E-state index is 6.16. The Morgan fingerprint density at radius 3 is 2.52 bits per heavy atom. The van der Waals surface area contributed by atoms with E-state index in [0.717, 1.165) is 18.1 Å². The van der Waals surface area contributed by atoms with Gasteiger partial charge in [-0.1, -0.05) is 54.1 Å². The molecule has 1 heterocycles. The quantitative estimate of drug-likeness (QED) is 0.749. The van der Waals surface area contributed by atoms with Gasteiger partial charge in [0.1, 0.15) is 5.82 Å². The Hall–Kier alpha value is -2.59. The average Bonchev–Trinajstić information content (AvgIpc) is 2.58. The molecule has 116 valence electrons. The first-order chi connectivity index (χ1) is 11.2. The van der Waals surface area contributed by atoms with E-state index in [1.165, 1.54) is 5.56 Å². The first kappa shape index (κ1) is 15.3. The Balaban J connectivity index is 1.76. The number of hydrogen-bond donors (Lipinski definition) is 1. The number of nitrogens with zero attached hydrogens (tertiary/aromatic N) is 3. The second-order valence-corrected chi connectivity index (χ2v) is 5.59. The standard InChI is InChI=1S/C18H17ClN4/c1-23(13-14-7-3-2-4-8-14)17-11-12-20-18(22-17)21-16-10-6-5-9-15(16)19/h2-12H,13H2,1H3,(H,20,21,22). The maximum Gasteiger partial charge on any atom is 0.229 e. The van der Waals surface area contributed by atoms with Crippen LogP contribution in [0.3, 0.4) is 0 Å². The van der Waals surface area contributed by atoms with Crippen LogP contribution < -0.4 is 10.2 Å². The van der Waals surface area contributed by atoms with Crippen molar-refractivity contribution in [2.24, 2.45) is 0 Å². The number of anilines is 3. The second-order valence-electron chi connectivity index (χ2n) is 5.18. The monoisotopic (exact) mass is 324 g/mol. The van der Waals surface area contributed by atoms with Crippen molar-refractivity contribution in [3.63, 3.8) is 0 Å². The molecule has 23 heavy (non-hydrogen) atoms. The fraction of sp³-hybridized carbons (Fsp3) is 0.111. The summed E-state index contributed by atoms with van der Waals surface area (Å²) in [6.07, 6.45) is 1.74. The van der Waals surface area contributed by atoms with Crippen LogP contribution in [0.15, 0.2) is 66.9 Å². The van der Waals surface area contributed by atoms with Gasteiger partial charge in [0.2, 0.25) is 5.95 Å². The highest BCUT2D eigenvalue weighted by atomic mass is 35.5. The van der Waals surface area contributed by atoms with E-state index in [0.29, 0.717) is 11.0 Å². The molecule has 0 aliphatic carbocycles. The first-order valence-corrected chi connectivity index (χ1v) is 7.70. The van der Waals surface area contributed by atoms with Crippen molar-refractivity contribution < 1.29 is 0 Å². The molecule has 0 fully saturated rings. The largest absolute Gasteiger partial charge is 0.355 e. The van der Waals surface area contributed by atoms with E-state index in [2.05, 4.69) is 32.3 Å². The number of nitrogens with one attached hydrogen (secondary N) is 1. The summed E-state index contributed by atoms with van der Waals surface area (Å²) in [5, 5.41) is 3.79. The van der Waals surface area contributed by atoms with Gasteiger partial charge in [-0.3, -0.25) is 0 Å². The lowest BCUT2D eigenvalue weighted by Crippen LogP contribution is -2.18. The Kier molecular flexibility index (Phi) is 4.74. The zero-order valence-corrected chi connectivity index (χ0v) is 13.5. The lowest BCUT2D eigenvalue weighted by molar-refractivity contribution is 0.893. The highest BCUT2D eigenvalue weighted by Crippen LogP contribution is 2.24. The molecule has 1 aromatic heterocycles. The molecule has 0 saturated carbocycles. The molecule has 0 aliphatic heterocycles. The Bertz CT molecular complexity index is 777. The van der Waals surface area contributed by atoms with E-state index in [-0.39, 0.29) is 0 Å². The predicted molar refractivity (Wildman–Crippen MR) is 95.3 cm³/mol. The molecule has 3 rings (SSSR count). The van der Waals surface area contributed by atoms with Gasteiger partial charge in [-0.25, -0.2) is 4.98 Å². The summed E-state index contributed by atoms with van der Waals surface area (Å²) in [6, 6.07) is 19.7. The van der Waals surface area contributed by atoms with Crippen LogP contribution >= 0.6 is 11.6 Å². The molecule has 2 aromatic carbocycles. The minimum atomic E-state index is 0.524. The SMILES string of the molecule is CN(Cc1ccccc1)c1ccnc(Nc2ccccc2Cl)n1. The van der Waals surface area contributed by atoms with Gasteiger partial charge in [-0.05, 0) is 23.8 Å². The molecule has 3 aromatic rings. The number of hydrogen-bond acceptors (Lipinski definition) is 4. The lowest BCUT2D eigenvalue weighted by atomic mass is 10.2. The normalized spacial score (nSPS) is 10.3. The number of halogens is 1. The van der Waals surface area contributed by atoms with Gasteiger partial charge >= 0.3 is 0 Å². The van der Waals surface area contributed by atoms with Crippen molar-refractivity contribution >= 4 is 29.1 Å². The minimum absolute atomic E-state index is 0.524. The summed E-state index contributed by atoms with van der Waals surface area (Å²) in [5.74, 6) is 1.37. The summed E-state index contributed by atoms with van der Waals surface area (Å²) in [6.45, 7) is 0.781. The van der Waals surface area contributed by atoms with E-state index >= 15 is 0 Å². The molecular formula is C18H17ClN4. The molecule has 0 bridgehead atoms. The van der Waals surface area contributed by atoms with Crippen LogP contribution in [0.5, 0.6) is 0 Å². The van der Waals surface area contributed by atoms with E-state index < -0.39 is 0 Å². The zero-order chi connectivity index (χ0) is 16.1. The summed E-state index contributed by atoms with van der Waals surface area (Å²) in [4.78, 5) is 10.9. The predicted octanol–water partition coefficient (Wildman–Crippen LogP) is 4.51. The fourth-order valence-electron chi connectivity index (χ4n) is 2.24. The van der Waals surface area contributed by atoms with Gasteiger partial charge in [0.15, 0.2) is 0 Å². The summed E-state index contributed by atoms with van der Waals surface area (Å²) in [5.41, 5.74) is 2.02.